The van der Waals surface area contributed by atoms with E-state index in [4.69, 9.17) is 9.47 Å². The zero-order valence-corrected chi connectivity index (χ0v) is 7.47. The molecular formula is C8H20AlLiO2. The third-order valence-corrected chi connectivity index (χ3v) is 1.65. The molecule has 0 bridgehead atoms. The van der Waals surface area contributed by atoms with Crippen LogP contribution in [-0.2, 0) is 9.47 Å². The van der Waals surface area contributed by atoms with Crippen LogP contribution in [0.4, 0.5) is 0 Å². The summed E-state index contributed by atoms with van der Waals surface area (Å²) in [6.07, 6.45) is 5.11. The van der Waals surface area contributed by atoms with Crippen LogP contribution < -0.4 is 18.9 Å². The molecule has 0 aromatic heterocycles. The van der Waals surface area contributed by atoms with Gasteiger partial charge in [-0.15, -0.1) is 0 Å². The maximum atomic E-state index is 4.94. The van der Waals surface area contributed by atoms with Gasteiger partial charge in [-0.1, -0.05) is 0 Å². The molecule has 0 unspecified atom stereocenters. The van der Waals surface area contributed by atoms with Crippen molar-refractivity contribution in [2.75, 3.05) is 26.4 Å². The van der Waals surface area contributed by atoms with Crippen LogP contribution in [0.25, 0.3) is 0 Å². The molecule has 0 N–H and O–H groups in total. The van der Waals surface area contributed by atoms with Crippen LogP contribution in [0.1, 0.15) is 25.7 Å². The maximum absolute atomic E-state index is 4.94. The molecule has 2 fully saturated rings. The fourth-order valence-corrected chi connectivity index (χ4v) is 1.02. The van der Waals surface area contributed by atoms with E-state index in [0.29, 0.717) is 0 Å². The molecule has 0 aromatic carbocycles. The van der Waals surface area contributed by atoms with E-state index in [2.05, 4.69) is 0 Å². The van der Waals surface area contributed by atoms with Crippen molar-refractivity contribution in [2.45, 2.75) is 25.7 Å². The normalized spacial score (nSPS) is 20.0. The first-order valence-electron chi connectivity index (χ1n) is 4.15. The van der Waals surface area contributed by atoms with Gasteiger partial charge in [0.05, 0.1) is 0 Å². The van der Waals surface area contributed by atoms with Crippen LogP contribution in [0, 0.1) is 0 Å². The van der Waals surface area contributed by atoms with E-state index in [0.717, 1.165) is 26.4 Å². The van der Waals surface area contributed by atoms with Crippen molar-refractivity contribution in [3.05, 3.63) is 0 Å². The Balaban J connectivity index is 0. The minimum absolute atomic E-state index is 0. The van der Waals surface area contributed by atoms with Gasteiger partial charge >= 0.3 is 18.9 Å². The summed E-state index contributed by atoms with van der Waals surface area (Å²) in [5, 5.41) is 0. The second-order valence-electron chi connectivity index (χ2n) is 2.64. The predicted octanol–water partition coefficient (Wildman–Crippen LogP) is -2.85. The molecule has 0 saturated carbocycles. The minimum atomic E-state index is 0. The van der Waals surface area contributed by atoms with Crippen LogP contribution in [-0.4, -0.2) is 43.8 Å². The summed E-state index contributed by atoms with van der Waals surface area (Å²) in [5.74, 6) is 0. The van der Waals surface area contributed by atoms with E-state index in [-0.39, 0.29) is 36.2 Å². The molecule has 2 saturated heterocycles. The molecule has 0 aliphatic carbocycles. The largest absolute Gasteiger partial charge is 1.00 e. The SMILES string of the molecule is C1CCOC1.C1CCOC1.[AlH4-].[Li+]. The third kappa shape index (κ3) is 9.14. The van der Waals surface area contributed by atoms with E-state index >= 15 is 0 Å². The van der Waals surface area contributed by atoms with Crippen LogP contribution in [0.5, 0.6) is 0 Å². The molecule has 2 aliphatic heterocycles. The number of rotatable bonds is 0. The smallest absolute Gasteiger partial charge is 0.381 e. The maximum Gasteiger partial charge on any atom is 1.00 e. The van der Waals surface area contributed by atoms with Crippen LogP contribution in [0.2, 0.25) is 0 Å². The summed E-state index contributed by atoms with van der Waals surface area (Å²) in [6.45, 7) is 4.00. The van der Waals surface area contributed by atoms with E-state index in [1.165, 1.54) is 25.7 Å². The van der Waals surface area contributed by atoms with E-state index in [9.17, 15) is 0 Å². The Bertz CT molecular complexity index is 50.2. The Morgan fingerprint density at radius 1 is 0.583 bits per heavy atom. The fourth-order valence-electron chi connectivity index (χ4n) is 1.02. The van der Waals surface area contributed by atoms with E-state index in [1.807, 2.05) is 0 Å². The monoisotopic (exact) mass is 182 g/mol. The molecule has 0 radical (unpaired) electrons. The van der Waals surface area contributed by atoms with Gasteiger partial charge in [-0.25, -0.2) is 0 Å². The Morgan fingerprint density at radius 3 is 0.917 bits per heavy atom. The zero-order valence-electron chi connectivity index (χ0n) is 7.47. The summed E-state index contributed by atoms with van der Waals surface area (Å²) in [5.41, 5.74) is 0. The Kier molecular flexibility index (Phi) is 15.6. The minimum Gasteiger partial charge on any atom is -0.381 e. The van der Waals surface area contributed by atoms with Gasteiger partial charge in [0.1, 0.15) is 0 Å². The van der Waals surface area contributed by atoms with Gasteiger partial charge in [-0.05, 0) is 25.7 Å². The fraction of sp³-hybridized carbons (Fsp3) is 1.00. The third-order valence-electron chi connectivity index (χ3n) is 1.65. The first-order chi connectivity index (χ1) is 5.00. The van der Waals surface area contributed by atoms with Gasteiger partial charge in [-0.3, -0.25) is 0 Å². The predicted molar refractivity (Wildman–Crippen MR) is 51.4 cm³/mol. The van der Waals surface area contributed by atoms with Gasteiger partial charge < -0.3 is 9.47 Å². The molecule has 4 heteroatoms. The Morgan fingerprint density at radius 2 is 0.833 bits per heavy atom. The van der Waals surface area contributed by atoms with Crippen molar-refractivity contribution in [3.63, 3.8) is 0 Å². The summed E-state index contributed by atoms with van der Waals surface area (Å²) < 4.78 is 9.89. The second-order valence-corrected chi connectivity index (χ2v) is 2.64. The molecule has 2 heterocycles. The number of ether oxygens (including phenoxy) is 2. The zero-order chi connectivity index (χ0) is 7.07. The average molecular weight is 182 g/mol. The second kappa shape index (κ2) is 12.0. The summed E-state index contributed by atoms with van der Waals surface area (Å²) in [4.78, 5) is 0. The molecule has 0 atom stereocenters. The molecule has 2 rings (SSSR count). The van der Waals surface area contributed by atoms with Crippen molar-refractivity contribution in [2.24, 2.45) is 0 Å². The van der Waals surface area contributed by atoms with Gasteiger partial charge in [0.25, 0.3) is 0 Å². The first kappa shape index (κ1) is 15.5. The topological polar surface area (TPSA) is 18.5 Å². The molecule has 0 amide bonds. The molecule has 2 aliphatic rings. The summed E-state index contributed by atoms with van der Waals surface area (Å²) >= 11 is 0. The van der Waals surface area contributed by atoms with E-state index in [1.54, 1.807) is 0 Å². The Hall–Kier alpha value is 1.05. The van der Waals surface area contributed by atoms with E-state index < -0.39 is 0 Å². The Labute approximate surface area is 97.7 Å². The van der Waals surface area contributed by atoms with Crippen LogP contribution in [0.3, 0.4) is 0 Å². The average Bonchev–Trinajstić information content (AvgIpc) is 2.67. The summed E-state index contributed by atoms with van der Waals surface area (Å²) in [7, 11) is 0. The molecule has 68 valence electrons. The van der Waals surface area contributed by atoms with Gasteiger partial charge in [-0.2, -0.15) is 0 Å². The molecule has 0 spiro atoms. The van der Waals surface area contributed by atoms with Crippen molar-refractivity contribution >= 4 is 17.4 Å². The summed E-state index contributed by atoms with van der Waals surface area (Å²) in [6, 6.07) is 0. The molecule has 0 aromatic rings. The van der Waals surface area contributed by atoms with Crippen molar-refractivity contribution in [3.8, 4) is 0 Å². The van der Waals surface area contributed by atoms with Crippen LogP contribution >= 0.6 is 0 Å². The van der Waals surface area contributed by atoms with Crippen molar-refractivity contribution in [1.29, 1.82) is 0 Å². The van der Waals surface area contributed by atoms with Gasteiger partial charge in [0.15, 0.2) is 0 Å². The first-order valence-corrected chi connectivity index (χ1v) is 4.15. The van der Waals surface area contributed by atoms with Gasteiger partial charge in [0.2, 0.25) is 0 Å². The molecule has 2 nitrogen and oxygen atoms in total. The quantitative estimate of drug-likeness (QED) is 0.375. The van der Waals surface area contributed by atoms with Gasteiger partial charge in [0, 0.05) is 43.8 Å². The van der Waals surface area contributed by atoms with Crippen LogP contribution in [0.15, 0.2) is 0 Å². The molecular weight excluding hydrogens is 162 g/mol. The molecule has 12 heavy (non-hydrogen) atoms. The number of hydrogen-bond acceptors (Lipinski definition) is 2. The van der Waals surface area contributed by atoms with Crippen molar-refractivity contribution < 1.29 is 28.3 Å². The standard InChI is InChI=1S/2C4H8O.Al.Li.4H/c2*1-2-4-5-3-1;;;;;;/h2*1-4H2;;;;;;/q;;-1;+1;;;;. The van der Waals surface area contributed by atoms with Crippen molar-refractivity contribution in [1.82, 2.24) is 0 Å². The number of hydrogen-bond donors (Lipinski definition) is 0.